The van der Waals surface area contributed by atoms with Crippen LogP contribution in [0.4, 0.5) is 11.8 Å². The lowest BCUT2D eigenvalue weighted by atomic mass is 10.4. The predicted molar refractivity (Wildman–Crippen MR) is 67.9 cm³/mol. The normalized spacial score (nSPS) is 10.4. The third-order valence-electron chi connectivity index (χ3n) is 2.48. The number of anilines is 2. The summed E-state index contributed by atoms with van der Waals surface area (Å²) in [6.07, 6.45) is 0. The van der Waals surface area contributed by atoms with Crippen molar-refractivity contribution >= 4 is 11.8 Å². The first kappa shape index (κ1) is 12.3. The molecule has 0 saturated carbocycles. The summed E-state index contributed by atoms with van der Waals surface area (Å²) in [6.45, 7) is 6.13. The molecule has 2 aromatic rings. The Labute approximate surface area is 105 Å². The molecule has 0 aliphatic heterocycles. The van der Waals surface area contributed by atoms with Crippen molar-refractivity contribution in [1.82, 2.24) is 15.0 Å². The van der Waals surface area contributed by atoms with E-state index in [0.29, 0.717) is 24.2 Å². The minimum atomic E-state index is 0.372. The van der Waals surface area contributed by atoms with Gasteiger partial charge in [0.1, 0.15) is 11.6 Å². The van der Waals surface area contributed by atoms with Gasteiger partial charge in [-0.25, -0.2) is 15.8 Å². The molecule has 0 spiro atoms. The van der Waals surface area contributed by atoms with E-state index in [-0.39, 0.29) is 0 Å². The Morgan fingerprint density at radius 1 is 1.22 bits per heavy atom. The first-order valence-corrected chi connectivity index (χ1v) is 5.57. The van der Waals surface area contributed by atoms with Gasteiger partial charge in [-0.15, -0.1) is 0 Å². The van der Waals surface area contributed by atoms with Crippen LogP contribution in [0.25, 0.3) is 0 Å². The van der Waals surface area contributed by atoms with Crippen LogP contribution in [0.2, 0.25) is 0 Å². The van der Waals surface area contributed by atoms with Crippen molar-refractivity contribution < 1.29 is 4.42 Å². The predicted octanol–water partition coefficient (Wildman–Crippen LogP) is 1.29. The Hall–Kier alpha value is -2.15. The monoisotopic (exact) mass is 248 g/mol. The van der Waals surface area contributed by atoms with E-state index in [9.17, 15) is 0 Å². The van der Waals surface area contributed by atoms with Gasteiger partial charge in [-0.05, 0) is 20.8 Å². The maximum atomic E-state index is 5.47. The molecule has 96 valence electrons. The molecule has 4 N–H and O–H groups in total. The zero-order chi connectivity index (χ0) is 13.1. The van der Waals surface area contributed by atoms with Gasteiger partial charge >= 0.3 is 0 Å². The third kappa shape index (κ3) is 2.75. The lowest BCUT2D eigenvalue weighted by Crippen LogP contribution is -2.12. The number of nitrogens with one attached hydrogen (secondary N) is 2. The molecule has 2 rings (SSSR count). The summed E-state index contributed by atoms with van der Waals surface area (Å²) in [5.41, 5.74) is 4.14. The summed E-state index contributed by atoms with van der Waals surface area (Å²) >= 11 is 0. The van der Waals surface area contributed by atoms with E-state index in [1.807, 2.05) is 26.8 Å². The molecule has 0 radical (unpaired) electrons. The molecule has 7 heteroatoms. The quantitative estimate of drug-likeness (QED) is 0.553. The lowest BCUT2D eigenvalue weighted by molar-refractivity contribution is 0.478. The summed E-state index contributed by atoms with van der Waals surface area (Å²) in [7, 11) is 0. The van der Waals surface area contributed by atoms with Crippen molar-refractivity contribution in [3.8, 4) is 0 Å². The van der Waals surface area contributed by atoms with E-state index in [1.54, 1.807) is 0 Å². The number of hydrogen-bond donors (Lipinski definition) is 3. The first-order valence-electron chi connectivity index (χ1n) is 5.57. The summed E-state index contributed by atoms with van der Waals surface area (Å²) in [6, 6.07) is 1.82. The number of rotatable bonds is 4. The van der Waals surface area contributed by atoms with E-state index in [2.05, 4.69) is 25.7 Å². The summed E-state index contributed by atoms with van der Waals surface area (Å²) in [4.78, 5) is 12.5. The maximum Gasteiger partial charge on any atom is 0.239 e. The molecule has 0 bridgehead atoms. The molecule has 0 aromatic carbocycles. The number of hydrogen-bond acceptors (Lipinski definition) is 7. The average Bonchev–Trinajstić information content (AvgIpc) is 2.65. The lowest BCUT2D eigenvalue weighted by Gasteiger charge is -2.06. The fourth-order valence-corrected chi connectivity index (χ4v) is 1.50. The molecule has 0 aliphatic carbocycles. The average molecular weight is 248 g/mol. The molecular formula is C11H16N6O. The second-order valence-electron chi connectivity index (χ2n) is 3.97. The SMILES string of the molecule is Cc1cc(NCc2nc(C)c(C)o2)nc(NN)n1. The van der Waals surface area contributed by atoms with Gasteiger partial charge < -0.3 is 9.73 Å². The highest BCUT2D eigenvalue weighted by atomic mass is 16.4. The number of nitrogens with two attached hydrogens (primary N) is 1. The Morgan fingerprint density at radius 3 is 2.61 bits per heavy atom. The minimum Gasteiger partial charge on any atom is -0.444 e. The highest BCUT2D eigenvalue weighted by molar-refractivity contribution is 5.41. The number of aryl methyl sites for hydroxylation is 3. The molecule has 0 fully saturated rings. The smallest absolute Gasteiger partial charge is 0.239 e. The van der Waals surface area contributed by atoms with Gasteiger partial charge in [-0.3, -0.25) is 5.43 Å². The van der Waals surface area contributed by atoms with Gasteiger partial charge in [-0.1, -0.05) is 0 Å². The minimum absolute atomic E-state index is 0.372. The largest absolute Gasteiger partial charge is 0.444 e. The Kier molecular flexibility index (Phi) is 3.42. The van der Waals surface area contributed by atoms with Gasteiger partial charge in [0.05, 0.1) is 12.2 Å². The number of oxazole rings is 1. The summed E-state index contributed by atoms with van der Waals surface area (Å²) < 4.78 is 5.47. The second-order valence-corrected chi connectivity index (χ2v) is 3.97. The van der Waals surface area contributed by atoms with Gasteiger partial charge in [0, 0.05) is 11.8 Å². The molecule has 0 saturated heterocycles. The standard InChI is InChI=1S/C11H16N6O/c1-6-4-9(16-11(14-6)17-12)13-5-10-15-7(2)8(3)18-10/h4H,5,12H2,1-3H3,(H2,13,14,16,17). The van der Waals surface area contributed by atoms with Crippen molar-refractivity contribution in [2.45, 2.75) is 27.3 Å². The molecule has 7 nitrogen and oxygen atoms in total. The Morgan fingerprint density at radius 2 is 2.00 bits per heavy atom. The highest BCUT2D eigenvalue weighted by Crippen LogP contribution is 2.12. The van der Waals surface area contributed by atoms with Crippen LogP contribution in [-0.2, 0) is 6.54 Å². The Bertz CT molecular complexity index is 531. The number of nitrogen functional groups attached to an aromatic ring is 1. The zero-order valence-electron chi connectivity index (χ0n) is 10.6. The molecule has 18 heavy (non-hydrogen) atoms. The van der Waals surface area contributed by atoms with Gasteiger partial charge in [0.2, 0.25) is 11.8 Å². The molecule has 2 aromatic heterocycles. The second kappa shape index (κ2) is 5.01. The summed E-state index contributed by atoms with van der Waals surface area (Å²) in [5, 5.41) is 3.11. The van der Waals surface area contributed by atoms with Crippen LogP contribution < -0.4 is 16.6 Å². The molecule has 0 unspecified atom stereocenters. The van der Waals surface area contributed by atoms with E-state index in [4.69, 9.17) is 10.3 Å². The van der Waals surface area contributed by atoms with Gasteiger partial charge in [-0.2, -0.15) is 4.98 Å². The van der Waals surface area contributed by atoms with Crippen LogP contribution in [0.1, 0.15) is 23.0 Å². The number of nitrogens with zero attached hydrogens (tertiary/aromatic N) is 3. The fraction of sp³-hybridized carbons (Fsp3) is 0.364. The van der Waals surface area contributed by atoms with E-state index >= 15 is 0 Å². The van der Waals surface area contributed by atoms with E-state index in [0.717, 1.165) is 17.1 Å². The van der Waals surface area contributed by atoms with Crippen molar-refractivity contribution in [2.75, 3.05) is 10.7 Å². The molecule has 0 aliphatic rings. The van der Waals surface area contributed by atoms with Crippen LogP contribution >= 0.6 is 0 Å². The first-order chi connectivity index (χ1) is 8.58. The molecular weight excluding hydrogens is 232 g/mol. The van der Waals surface area contributed by atoms with Crippen molar-refractivity contribution in [2.24, 2.45) is 5.84 Å². The molecule has 0 atom stereocenters. The van der Waals surface area contributed by atoms with E-state index < -0.39 is 0 Å². The van der Waals surface area contributed by atoms with Crippen LogP contribution in [0.3, 0.4) is 0 Å². The van der Waals surface area contributed by atoms with Crippen molar-refractivity contribution in [3.05, 3.63) is 29.1 Å². The molecule has 2 heterocycles. The maximum absolute atomic E-state index is 5.47. The van der Waals surface area contributed by atoms with E-state index in [1.165, 1.54) is 0 Å². The highest BCUT2D eigenvalue weighted by Gasteiger charge is 2.06. The number of aromatic nitrogens is 3. The van der Waals surface area contributed by atoms with Crippen LogP contribution in [-0.4, -0.2) is 15.0 Å². The van der Waals surface area contributed by atoms with Gasteiger partial charge in [0.25, 0.3) is 0 Å². The van der Waals surface area contributed by atoms with Crippen LogP contribution in [0.5, 0.6) is 0 Å². The topological polar surface area (TPSA) is 102 Å². The van der Waals surface area contributed by atoms with Crippen LogP contribution in [0, 0.1) is 20.8 Å². The fourth-order valence-electron chi connectivity index (χ4n) is 1.50. The van der Waals surface area contributed by atoms with Crippen molar-refractivity contribution in [3.63, 3.8) is 0 Å². The summed E-state index contributed by atoms with van der Waals surface area (Å²) in [5.74, 6) is 7.78. The van der Waals surface area contributed by atoms with Crippen molar-refractivity contribution in [1.29, 1.82) is 0 Å². The number of hydrazine groups is 1. The Balaban J connectivity index is 2.07. The zero-order valence-corrected chi connectivity index (χ0v) is 10.6. The van der Waals surface area contributed by atoms with Crippen LogP contribution in [0.15, 0.2) is 10.5 Å². The molecule has 0 amide bonds. The third-order valence-corrected chi connectivity index (χ3v) is 2.48. The van der Waals surface area contributed by atoms with Gasteiger partial charge in [0.15, 0.2) is 0 Å².